The number of benzene rings is 1. The number of ether oxygens (including phenoxy) is 1. The van der Waals surface area contributed by atoms with E-state index in [1.165, 1.54) is 0 Å². The fourth-order valence-corrected chi connectivity index (χ4v) is 1.56. The molecular weight excluding hydrogens is 230 g/mol. The summed E-state index contributed by atoms with van der Waals surface area (Å²) in [7, 11) is 0. The molecule has 4 nitrogen and oxygen atoms in total. The van der Waals surface area contributed by atoms with Crippen molar-refractivity contribution in [3.8, 4) is 5.75 Å². The lowest BCUT2D eigenvalue weighted by atomic mass is 10.1. The van der Waals surface area contributed by atoms with Crippen LogP contribution in [0.1, 0.15) is 43.9 Å². The van der Waals surface area contributed by atoms with E-state index in [1.54, 1.807) is 12.1 Å². The van der Waals surface area contributed by atoms with Crippen LogP contribution in [-0.4, -0.2) is 17.8 Å². The Morgan fingerprint density at radius 1 is 1.50 bits per heavy atom. The number of rotatable bonds is 5. The molecule has 4 heteroatoms. The van der Waals surface area contributed by atoms with Crippen molar-refractivity contribution < 1.29 is 14.6 Å². The van der Waals surface area contributed by atoms with Gasteiger partial charge < -0.3 is 15.2 Å². The van der Waals surface area contributed by atoms with E-state index in [1.807, 2.05) is 26.8 Å². The van der Waals surface area contributed by atoms with Gasteiger partial charge in [-0.2, -0.15) is 0 Å². The second kappa shape index (κ2) is 6.89. The molecule has 1 atom stereocenters. The molecule has 1 unspecified atom stereocenters. The lowest BCUT2D eigenvalue weighted by molar-refractivity contribution is 0.141. The number of aromatic hydroxyl groups is 1. The van der Waals surface area contributed by atoms with Gasteiger partial charge in [-0.25, -0.2) is 4.79 Å². The van der Waals surface area contributed by atoms with Crippen molar-refractivity contribution in [1.29, 1.82) is 0 Å². The van der Waals surface area contributed by atoms with Crippen LogP contribution in [0, 0.1) is 6.92 Å². The maximum Gasteiger partial charge on any atom is 0.407 e. The Morgan fingerprint density at radius 3 is 2.83 bits per heavy atom. The highest BCUT2D eigenvalue weighted by molar-refractivity contribution is 5.67. The van der Waals surface area contributed by atoms with Crippen molar-refractivity contribution in [1.82, 2.24) is 5.32 Å². The van der Waals surface area contributed by atoms with Gasteiger partial charge in [-0.1, -0.05) is 25.5 Å². The lowest BCUT2D eigenvalue weighted by Gasteiger charge is -2.15. The number of carbonyl (C=O) groups excluding carboxylic acids is 1. The highest BCUT2D eigenvalue weighted by Crippen LogP contribution is 2.21. The number of hydrogen-bond donors (Lipinski definition) is 2. The maximum absolute atomic E-state index is 11.5. The number of phenolic OH excluding ortho intramolecular Hbond substituents is 1. The molecule has 0 aromatic heterocycles. The van der Waals surface area contributed by atoms with Gasteiger partial charge in [0.1, 0.15) is 5.75 Å². The molecule has 100 valence electrons. The minimum absolute atomic E-state index is 0.140. The monoisotopic (exact) mass is 251 g/mol. The third kappa shape index (κ3) is 4.28. The Morgan fingerprint density at radius 2 is 2.22 bits per heavy atom. The zero-order valence-corrected chi connectivity index (χ0v) is 11.2. The molecular formula is C14H21NO3. The Balaban J connectivity index is 2.51. The molecule has 0 fully saturated rings. The predicted molar refractivity (Wildman–Crippen MR) is 70.7 cm³/mol. The van der Waals surface area contributed by atoms with Crippen molar-refractivity contribution in [3.05, 3.63) is 29.3 Å². The summed E-state index contributed by atoms with van der Waals surface area (Å²) in [5, 5.41) is 12.2. The maximum atomic E-state index is 11.5. The van der Waals surface area contributed by atoms with E-state index in [0.717, 1.165) is 24.0 Å². The molecule has 0 spiro atoms. The van der Waals surface area contributed by atoms with Gasteiger partial charge in [0, 0.05) is 0 Å². The Hall–Kier alpha value is -1.71. The van der Waals surface area contributed by atoms with Gasteiger partial charge in [-0.05, 0) is 37.5 Å². The number of hydrogen-bond acceptors (Lipinski definition) is 3. The molecule has 0 aliphatic heterocycles. The van der Waals surface area contributed by atoms with Gasteiger partial charge in [0.25, 0.3) is 0 Å². The number of amides is 1. The first-order chi connectivity index (χ1) is 8.54. The molecule has 1 aromatic rings. The van der Waals surface area contributed by atoms with Crippen molar-refractivity contribution >= 4 is 6.09 Å². The largest absolute Gasteiger partial charge is 0.508 e. The first-order valence-corrected chi connectivity index (χ1v) is 6.27. The summed E-state index contributed by atoms with van der Waals surface area (Å²) in [6, 6.07) is 5.13. The second-order valence-electron chi connectivity index (χ2n) is 4.40. The van der Waals surface area contributed by atoms with Gasteiger partial charge in [0.05, 0.1) is 12.6 Å². The van der Waals surface area contributed by atoms with Crippen LogP contribution in [0.25, 0.3) is 0 Å². The van der Waals surface area contributed by atoms with E-state index >= 15 is 0 Å². The second-order valence-corrected chi connectivity index (χ2v) is 4.40. The van der Waals surface area contributed by atoms with Crippen LogP contribution in [0.5, 0.6) is 5.75 Å². The zero-order chi connectivity index (χ0) is 13.5. The summed E-state index contributed by atoms with van der Waals surface area (Å²) in [5.74, 6) is 0.261. The molecule has 0 radical (unpaired) electrons. The van der Waals surface area contributed by atoms with Crippen LogP contribution < -0.4 is 5.32 Å². The molecule has 0 saturated carbocycles. The highest BCUT2D eigenvalue weighted by Gasteiger charge is 2.11. The minimum atomic E-state index is -0.401. The van der Waals surface area contributed by atoms with E-state index < -0.39 is 6.09 Å². The van der Waals surface area contributed by atoms with Crippen molar-refractivity contribution in [3.63, 3.8) is 0 Å². The first-order valence-electron chi connectivity index (χ1n) is 6.27. The van der Waals surface area contributed by atoms with Crippen molar-refractivity contribution in [2.24, 2.45) is 0 Å². The zero-order valence-electron chi connectivity index (χ0n) is 11.2. The fourth-order valence-electron chi connectivity index (χ4n) is 1.56. The molecule has 18 heavy (non-hydrogen) atoms. The summed E-state index contributed by atoms with van der Waals surface area (Å²) >= 11 is 0. The van der Waals surface area contributed by atoms with Crippen LogP contribution in [-0.2, 0) is 4.74 Å². The van der Waals surface area contributed by atoms with Crippen molar-refractivity contribution in [2.45, 2.75) is 39.7 Å². The number of alkyl carbamates (subject to hydrolysis) is 1. The van der Waals surface area contributed by atoms with E-state index in [0.29, 0.717) is 6.61 Å². The van der Waals surface area contributed by atoms with Gasteiger partial charge >= 0.3 is 6.09 Å². The van der Waals surface area contributed by atoms with Crippen LogP contribution >= 0.6 is 0 Å². The van der Waals surface area contributed by atoms with Crippen LogP contribution in [0.2, 0.25) is 0 Å². The standard InChI is InChI=1S/C14H21NO3/c1-4-5-8-18-14(17)15-11(3)12-6-7-13(16)10(2)9-12/h6-7,9,11,16H,4-5,8H2,1-3H3,(H,15,17). The molecule has 0 aliphatic carbocycles. The normalized spacial score (nSPS) is 11.9. The van der Waals surface area contributed by atoms with Crippen molar-refractivity contribution in [2.75, 3.05) is 6.61 Å². The predicted octanol–water partition coefficient (Wildman–Crippen LogP) is 3.29. The molecule has 0 aliphatic rings. The average Bonchev–Trinajstić information content (AvgIpc) is 2.33. The number of aryl methyl sites for hydroxylation is 1. The number of nitrogens with one attached hydrogen (secondary N) is 1. The fraction of sp³-hybridized carbons (Fsp3) is 0.500. The quantitative estimate of drug-likeness (QED) is 0.789. The third-order valence-electron chi connectivity index (χ3n) is 2.79. The van der Waals surface area contributed by atoms with Gasteiger partial charge in [0.2, 0.25) is 0 Å². The summed E-state index contributed by atoms with van der Waals surface area (Å²) < 4.78 is 5.03. The molecule has 0 heterocycles. The van der Waals surface area contributed by atoms with Gasteiger partial charge in [-0.15, -0.1) is 0 Å². The molecule has 2 N–H and O–H groups in total. The van der Waals surface area contributed by atoms with Crippen LogP contribution in [0.3, 0.4) is 0 Å². The smallest absolute Gasteiger partial charge is 0.407 e. The summed E-state index contributed by atoms with van der Waals surface area (Å²) in [4.78, 5) is 11.5. The van der Waals surface area contributed by atoms with Crippen LogP contribution in [0.15, 0.2) is 18.2 Å². The summed E-state index contributed by atoms with van der Waals surface area (Å²) in [5.41, 5.74) is 1.73. The molecule has 1 aromatic carbocycles. The summed E-state index contributed by atoms with van der Waals surface area (Å²) in [6.07, 6.45) is 1.47. The molecule has 0 bridgehead atoms. The topological polar surface area (TPSA) is 58.6 Å². The highest BCUT2D eigenvalue weighted by atomic mass is 16.5. The first kappa shape index (κ1) is 14.4. The van der Waals surface area contributed by atoms with E-state index in [2.05, 4.69) is 5.32 Å². The Labute approximate surface area is 108 Å². The molecule has 1 amide bonds. The van der Waals surface area contributed by atoms with E-state index in [-0.39, 0.29) is 11.8 Å². The van der Waals surface area contributed by atoms with Gasteiger partial charge in [0.15, 0.2) is 0 Å². The minimum Gasteiger partial charge on any atom is -0.508 e. The molecule has 0 saturated heterocycles. The van der Waals surface area contributed by atoms with Gasteiger partial charge in [-0.3, -0.25) is 0 Å². The lowest BCUT2D eigenvalue weighted by Crippen LogP contribution is -2.27. The Bertz CT molecular complexity index is 404. The number of unbranched alkanes of at least 4 members (excludes halogenated alkanes) is 1. The van der Waals surface area contributed by atoms with E-state index in [4.69, 9.17) is 4.74 Å². The SMILES string of the molecule is CCCCOC(=O)NC(C)c1ccc(O)c(C)c1. The average molecular weight is 251 g/mol. The Kier molecular flexibility index (Phi) is 5.49. The van der Waals surface area contributed by atoms with E-state index in [9.17, 15) is 9.90 Å². The number of phenols is 1. The summed E-state index contributed by atoms with van der Waals surface area (Å²) in [6.45, 7) is 6.20. The third-order valence-corrected chi connectivity index (χ3v) is 2.79. The number of carbonyl (C=O) groups is 1. The molecule has 1 rings (SSSR count). The van der Waals surface area contributed by atoms with Crippen LogP contribution in [0.4, 0.5) is 4.79 Å².